The van der Waals surface area contributed by atoms with Gasteiger partial charge in [0, 0.05) is 5.56 Å². The van der Waals surface area contributed by atoms with E-state index in [9.17, 15) is 18.0 Å². The summed E-state index contributed by atoms with van der Waals surface area (Å²) in [5.74, 6) is -0.904. The molecule has 0 atom stereocenters. The van der Waals surface area contributed by atoms with E-state index in [1.807, 2.05) is 0 Å². The normalized spacial score (nSPS) is 11.2. The lowest BCUT2D eigenvalue weighted by Gasteiger charge is -2.12. The van der Waals surface area contributed by atoms with Crippen LogP contribution in [0.2, 0.25) is 0 Å². The van der Waals surface area contributed by atoms with E-state index < -0.39 is 12.3 Å². The molecule has 0 saturated carbocycles. The zero-order valence-corrected chi connectivity index (χ0v) is 11.1. The van der Waals surface area contributed by atoms with Gasteiger partial charge in [0.05, 0.1) is 0 Å². The van der Waals surface area contributed by atoms with Gasteiger partial charge in [-0.25, -0.2) is 0 Å². The van der Waals surface area contributed by atoms with Crippen LogP contribution in [-0.2, 0) is 0 Å². The van der Waals surface area contributed by atoms with Crippen molar-refractivity contribution >= 4 is 5.91 Å². The van der Waals surface area contributed by atoms with E-state index >= 15 is 0 Å². The van der Waals surface area contributed by atoms with E-state index in [1.54, 1.807) is 25.1 Å². The van der Waals surface area contributed by atoms with Gasteiger partial charge in [-0.05, 0) is 35.7 Å². The predicted octanol–water partition coefficient (Wildman–Crippen LogP) is 3.66. The van der Waals surface area contributed by atoms with Crippen molar-refractivity contribution in [1.82, 2.24) is 0 Å². The average Bonchev–Trinajstić information content (AvgIpc) is 2.37. The summed E-state index contributed by atoms with van der Waals surface area (Å²) in [5.41, 5.74) is 7.56. The van der Waals surface area contributed by atoms with Gasteiger partial charge in [0.25, 0.3) is 0 Å². The third-order valence-electron chi connectivity index (χ3n) is 2.92. The Morgan fingerprint density at radius 3 is 2.24 bits per heavy atom. The number of alkyl halides is 3. The second-order valence-corrected chi connectivity index (χ2v) is 4.43. The molecule has 2 aromatic carbocycles. The largest absolute Gasteiger partial charge is 0.573 e. The highest BCUT2D eigenvalue weighted by atomic mass is 19.4. The van der Waals surface area contributed by atoms with Crippen molar-refractivity contribution in [3.05, 3.63) is 53.6 Å². The molecule has 0 spiro atoms. The molecule has 0 saturated heterocycles. The fraction of sp³-hybridized carbons (Fsp3) is 0.133. The SMILES string of the molecule is Cc1cccc(-c2ccc(OC(F)(F)F)cc2)c1C(N)=O. The molecule has 110 valence electrons. The van der Waals surface area contributed by atoms with Crippen LogP contribution in [0, 0.1) is 6.92 Å². The van der Waals surface area contributed by atoms with Crippen LogP contribution in [0.15, 0.2) is 42.5 Å². The van der Waals surface area contributed by atoms with Crippen LogP contribution in [0.4, 0.5) is 13.2 Å². The van der Waals surface area contributed by atoms with E-state index in [1.165, 1.54) is 24.3 Å². The molecule has 0 aliphatic carbocycles. The van der Waals surface area contributed by atoms with Gasteiger partial charge in [-0.1, -0.05) is 30.3 Å². The number of carbonyl (C=O) groups is 1. The van der Waals surface area contributed by atoms with Crippen molar-refractivity contribution in [1.29, 1.82) is 0 Å². The molecule has 2 aromatic rings. The number of carbonyl (C=O) groups excluding carboxylic acids is 1. The predicted molar refractivity (Wildman–Crippen MR) is 71.8 cm³/mol. The zero-order chi connectivity index (χ0) is 15.6. The summed E-state index contributed by atoms with van der Waals surface area (Å²) in [4.78, 5) is 11.5. The molecule has 0 aromatic heterocycles. The first-order chi connectivity index (χ1) is 9.78. The Bertz CT molecular complexity index is 664. The number of primary amides is 1. The van der Waals surface area contributed by atoms with Crippen LogP contribution in [0.3, 0.4) is 0 Å². The van der Waals surface area contributed by atoms with Crippen molar-refractivity contribution in [2.45, 2.75) is 13.3 Å². The molecule has 2 N–H and O–H groups in total. The number of hydrogen-bond donors (Lipinski definition) is 1. The molecule has 0 heterocycles. The lowest BCUT2D eigenvalue weighted by molar-refractivity contribution is -0.274. The second-order valence-electron chi connectivity index (χ2n) is 4.43. The standard InChI is InChI=1S/C15H12F3NO2/c1-9-3-2-4-12(13(9)14(19)20)10-5-7-11(8-6-10)21-15(16,17)18/h2-8H,1H3,(H2,19,20). The van der Waals surface area contributed by atoms with Gasteiger partial charge < -0.3 is 10.5 Å². The minimum absolute atomic E-state index is 0.320. The first-order valence-corrected chi connectivity index (χ1v) is 6.03. The van der Waals surface area contributed by atoms with E-state index in [4.69, 9.17) is 5.73 Å². The van der Waals surface area contributed by atoms with Gasteiger partial charge in [0.2, 0.25) is 5.91 Å². The lowest BCUT2D eigenvalue weighted by Crippen LogP contribution is -2.17. The summed E-state index contributed by atoms with van der Waals surface area (Å²) in [6.45, 7) is 1.74. The van der Waals surface area contributed by atoms with E-state index in [0.717, 1.165) is 0 Å². The van der Waals surface area contributed by atoms with Crippen molar-refractivity contribution in [3.8, 4) is 16.9 Å². The molecular formula is C15H12F3NO2. The number of aryl methyl sites for hydroxylation is 1. The number of hydrogen-bond acceptors (Lipinski definition) is 2. The zero-order valence-electron chi connectivity index (χ0n) is 11.1. The molecule has 0 radical (unpaired) electrons. The molecule has 0 fully saturated rings. The molecule has 3 nitrogen and oxygen atoms in total. The Balaban J connectivity index is 2.40. The summed E-state index contributed by atoms with van der Waals surface area (Å²) >= 11 is 0. The number of amides is 1. The Hall–Kier alpha value is -2.50. The monoisotopic (exact) mass is 295 g/mol. The second kappa shape index (κ2) is 5.47. The molecule has 21 heavy (non-hydrogen) atoms. The fourth-order valence-corrected chi connectivity index (χ4v) is 2.07. The average molecular weight is 295 g/mol. The van der Waals surface area contributed by atoms with Gasteiger partial charge in [-0.2, -0.15) is 0 Å². The number of rotatable bonds is 3. The summed E-state index contributed by atoms with van der Waals surface area (Å²) in [6.07, 6.45) is -4.73. The van der Waals surface area contributed by atoms with Gasteiger partial charge >= 0.3 is 6.36 Å². The summed E-state index contributed by atoms with van der Waals surface area (Å²) in [5, 5.41) is 0. The number of halogens is 3. The van der Waals surface area contributed by atoms with Crippen LogP contribution in [-0.4, -0.2) is 12.3 Å². The lowest BCUT2D eigenvalue weighted by atomic mass is 9.95. The summed E-state index contributed by atoms with van der Waals surface area (Å²) in [7, 11) is 0. The molecule has 0 unspecified atom stereocenters. The highest BCUT2D eigenvalue weighted by Gasteiger charge is 2.31. The van der Waals surface area contributed by atoms with Gasteiger partial charge in [-0.15, -0.1) is 13.2 Å². The smallest absolute Gasteiger partial charge is 0.406 e. The molecule has 2 rings (SSSR count). The molecule has 6 heteroatoms. The van der Waals surface area contributed by atoms with Crippen molar-refractivity contribution in [3.63, 3.8) is 0 Å². The molecule has 1 amide bonds. The van der Waals surface area contributed by atoms with Gasteiger partial charge in [-0.3, -0.25) is 4.79 Å². The number of nitrogens with two attached hydrogens (primary N) is 1. The van der Waals surface area contributed by atoms with E-state index in [2.05, 4.69) is 4.74 Å². The van der Waals surface area contributed by atoms with Gasteiger partial charge in [0.15, 0.2) is 0 Å². The van der Waals surface area contributed by atoms with Crippen LogP contribution >= 0.6 is 0 Å². The van der Waals surface area contributed by atoms with Crippen LogP contribution in [0.5, 0.6) is 5.75 Å². The highest BCUT2D eigenvalue weighted by molar-refractivity contribution is 6.01. The van der Waals surface area contributed by atoms with Crippen molar-refractivity contribution < 1.29 is 22.7 Å². The Morgan fingerprint density at radius 2 is 1.71 bits per heavy atom. The quantitative estimate of drug-likeness (QED) is 0.939. The van der Waals surface area contributed by atoms with E-state index in [0.29, 0.717) is 22.3 Å². The minimum atomic E-state index is -4.73. The minimum Gasteiger partial charge on any atom is -0.406 e. The maximum atomic E-state index is 12.1. The molecule has 0 bridgehead atoms. The van der Waals surface area contributed by atoms with E-state index in [-0.39, 0.29) is 5.75 Å². The summed E-state index contributed by atoms with van der Waals surface area (Å²) < 4.78 is 40.1. The molecular weight excluding hydrogens is 283 g/mol. The molecule has 0 aliphatic rings. The maximum absolute atomic E-state index is 12.1. The third kappa shape index (κ3) is 3.53. The van der Waals surface area contributed by atoms with Crippen LogP contribution < -0.4 is 10.5 Å². The Labute approximate surface area is 119 Å². The van der Waals surface area contributed by atoms with Crippen molar-refractivity contribution in [2.24, 2.45) is 5.73 Å². The highest BCUT2D eigenvalue weighted by Crippen LogP contribution is 2.29. The topological polar surface area (TPSA) is 52.3 Å². The maximum Gasteiger partial charge on any atom is 0.573 e. The summed E-state index contributed by atoms with van der Waals surface area (Å²) in [6, 6.07) is 10.4. The number of benzene rings is 2. The number of ether oxygens (including phenoxy) is 1. The van der Waals surface area contributed by atoms with Crippen LogP contribution in [0.1, 0.15) is 15.9 Å². The van der Waals surface area contributed by atoms with Crippen LogP contribution in [0.25, 0.3) is 11.1 Å². The van der Waals surface area contributed by atoms with Gasteiger partial charge in [0.1, 0.15) is 5.75 Å². The first kappa shape index (κ1) is 14.9. The Kier molecular flexibility index (Phi) is 3.88. The van der Waals surface area contributed by atoms with Crippen molar-refractivity contribution in [2.75, 3.05) is 0 Å². The first-order valence-electron chi connectivity index (χ1n) is 6.03. The fourth-order valence-electron chi connectivity index (χ4n) is 2.07. The Morgan fingerprint density at radius 1 is 1.10 bits per heavy atom. The molecule has 0 aliphatic heterocycles. The third-order valence-corrected chi connectivity index (χ3v) is 2.92.